The fourth-order valence-corrected chi connectivity index (χ4v) is 7.75. The quantitative estimate of drug-likeness (QED) is 0.693. The van der Waals surface area contributed by atoms with Crippen molar-refractivity contribution in [1.82, 2.24) is 0 Å². The van der Waals surface area contributed by atoms with Gasteiger partial charge in [0.2, 0.25) is 0 Å². The van der Waals surface area contributed by atoms with Crippen LogP contribution in [0.25, 0.3) is 0 Å². The van der Waals surface area contributed by atoms with Crippen molar-refractivity contribution in [1.29, 1.82) is 0 Å². The molecule has 21 heavy (non-hydrogen) atoms. The van der Waals surface area contributed by atoms with Gasteiger partial charge in [0.1, 0.15) is 5.78 Å². The number of hydrogen-bond donors (Lipinski definition) is 1. The van der Waals surface area contributed by atoms with Gasteiger partial charge in [-0.2, -0.15) is 0 Å². The minimum atomic E-state index is -0.378. The van der Waals surface area contributed by atoms with E-state index >= 15 is 0 Å². The van der Waals surface area contributed by atoms with Crippen LogP contribution >= 0.6 is 0 Å². The predicted molar refractivity (Wildman–Crippen MR) is 80.5 cm³/mol. The summed E-state index contributed by atoms with van der Waals surface area (Å²) in [5, 5.41) is 11.1. The van der Waals surface area contributed by atoms with Crippen LogP contribution in [0.2, 0.25) is 0 Å². The second kappa shape index (κ2) is 3.32. The molecule has 5 saturated carbocycles. The van der Waals surface area contributed by atoms with Gasteiger partial charge in [-0.1, -0.05) is 25.5 Å². The maximum absolute atomic E-state index is 13.1. The molecule has 0 aromatic rings. The van der Waals surface area contributed by atoms with E-state index in [0.717, 1.165) is 19.3 Å². The van der Waals surface area contributed by atoms with E-state index < -0.39 is 0 Å². The zero-order valence-electron chi connectivity index (χ0n) is 13.4. The number of rotatable bonds is 0. The van der Waals surface area contributed by atoms with E-state index in [1.165, 1.54) is 12.8 Å². The predicted octanol–water partition coefficient (Wildman–Crippen LogP) is 3.35. The van der Waals surface area contributed by atoms with Gasteiger partial charge in [0, 0.05) is 11.3 Å². The summed E-state index contributed by atoms with van der Waals surface area (Å²) in [5.74, 6) is 2.19. The number of aliphatic hydroxyl groups is 1. The maximum Gasteiger partial charge on any atom is 0.145 e. The van der Waals surface area contributed by atoms with E-state index in [9.17, 15) is 9.90 Å². The third-order valence-electron chi connectivity index (χ3n) is 8.83. The first-order valence-electron chi connectivity index (χ1n) is 8.77. The molecule has 0 aromatic carbocycles. The fraction of sp³-hybridized carbons (Fsp3) is 0.842. The zero-order chi connectivity index (χ0) is 14.8. The summed E-state index contributed by atoms with van der Waals surface area (Å²) < 4.78 is 0. The average Bonchev–Trinajstić information content (AvgIpc) is 3.02. The Morgan fingerprint density at radius 1 is 1.29 bits per heavy atom. The van der Waals surface area contributed by atoms with Crippen LogP contribution in [-0.2, 0) is 4.79 Å². The summed E-state index contributed by atoms with van der Waals surface area (Å²) >= 11 is 0. The van der Waals surface area contributed by atoms with Crippen LogP contribution in [-0.4, -0.2) is 17.0 Å². The SMILES string of the molecule is CC1=CCC[C@]2(C)[C@H]3C[C@H]4[C@@H]5C(=O)[C@]3(CC[C@@H]12)[C@@H](O)[C@]45C. The Labute approximate surface area is 127 Å². The lowest BCUT2D eigenvalue weighted by Crippen LogP contribution is -2.62. The molecular formula is C19H26O2. The highest BCUT2D eigenvalue weighted by atomic mass is 16.3. The third-order valence-corrected chi connectivity index (χ3v) is 8.83. The molecule has 6 rings (SSSR count). The molecule has 0 amide bonds. The van der Waals surface area contributed by atoms with E-state index in [-0.39, 0.29) is 28.3 Å². The number of Topliss-reactive ketones (excluding diaryl/α,β-unsaturated/α-hetero) is 1. The van der Waals surface area contributed by atoms with Gasteiger partial charge in [-0.05, 0) is 62.2 Å². The van der Waals surface area contributed by atoms with Crippen molar-refractivity contribution in [3.8, 4) is 0 Å². The lowest BCUT2D eigenvalue weighted by Gasteiger charge is -2.62. The number of carbonyl (C=O) groups is 1. The summed E-state index contributed by atoms with van der Waals surface area (Å²) in [6.07, 6.45) is 7.64. The van der Waals surface area contributed by atoms with Gasteiger partial charge in [-0.25, -0.2) is 0 Å². The van der Waals surface area contributed by atoms with Gasteiger partial charge in [0.25, 0.3) is 0 Å². The standard InChI is InChI=1S/C19H26O2/c1-10-5-4-7-17(2)11(10)6-8-19-13(17)9-12-14(15(19)20)18(12,3)16(19)21/h5,11-14,16,21H,4,6-9H2,1-3H3/t11-,12-,13+,14+,16-,17-,18+,19+/m0/s1. The molecule has 6 aliphatic rings. The van der Waals surface area contributed by atoms with Gasteiger partial charge in [-0.15, -0.1) is 0 Å². The molecule has 8 atom stereocenters. The first-order valence-corrected chi connectivity index (χ1v) is 8.77. The molecule has 0 aromatic heterocycles. The van der Waals surface area contributed by atoms with E-state index in [1.54, 1.807) is 5.57 Å². The van der Waals surface area contributed by atoms with Crippen LogP contribution in [0.3, 0.4) is 0 Å². The topological polar surface area (TPSA) is 37.3 Å². The lowest BCUT2D eigenvalue weighted by atomic mass is 9.42. The molecule has 0 heterocycles. The van der Waals surface area contributed by atoms with E-state index in [1.807, 2.05) is 0 Å². The second-order valence-corrected chi connectivity index (χ2v) is 9.13. The molecule has 2 heteroatoms. The Bertz CT molecular complexity index is 592. The van der Waals surface area contributed by atoms with Gasteiger partial charge in [0.15, 0.2) is 0 Å². The number of hydrogen-bond acceptors (Lipinski definition) is 2. The molecular weight excluding hydrogens is 260 g/mol. The number of aliphatic hydroxyl groups excluding tert-OH is 1. The van der Waals surface area contributed by atoms with Crippen molar-refractivity contribution in [3.05, 3.63) is 11.6 Å². The number of ketones is 1. The Balaban J connectivity index is 1.66. The zero-order valence-corrected chi connectivity index (χ0v) is 13.4. The smallest absolute Gasteiger partial charge is 0.145 e. The molecule has 0 radical (unpaired) electrons. The average molecular weight is 286 g/mol. The first kappa shape index (κ1) is 12.9. The maximum atomic E-state index is 13.1. The van der Waals surface area contributed by atoms with Crippen molar-refractivity contribution >= 4 is 5.78 Å². The van der Waals surface area contributed by atoms with Gasteiger partial charge in [-0.3, -0.25) is 4.79 Å². The van der Waals surface area contributed by atoms with Crippen LogP contribution in [0, 0.1) is 39.9 Å². The van der Waals surface area contributed by atoms with Crippen LogP contribution in [0.1, 0.15) is 52.9 Å². The Morgan fingerprint density at radius 3 is 2.71 bits per heavy atom. The van der Waals surface area contributed by atoms with E-state index in [2.05, 4.69) is 26.8 Å². The minimum Gasteiger partial charge on any atom is -0.391 e. The normalized spacial score (nSPS) is 63.7. The summed E-state index contributed by atoms with van der Waals surface area (Å²) in [5.41, 5.74) is 1.34. The first-order chi connectivity index (χ1) is 9.88. The van der Waals surface area contributed by atoms with Crippen molar-refractivity contribution in [2.45, 2.75) is 59.0 Å². The summed E-state index contributed by atoms with van der Waals surface area (Å²) in [7, 11) is 0. The molecule has 5 fully saturated rings. The Morgan fingerprint density at radius 2 is 2.05 bits per heavy atom. The number of allylic oxidation sites excluding steroid dienone is 2. The van der Waals surface area contributed by atoms with Gasteiger partial charge < -0.3 is 5.11 Å². The molecule has 4 bridgehead atoms. The van der Waals surface area contributed by atoms with Gasteiger partial charge >= 0.3 is 0 Å². The third kappa shape index (κ3) is 1.06. The highest BCUT2D eigenvalue weighted by Gasteiger charge is 2.86. The Kier molecular flexibility index (Phi) is 2.03. The van der Waals surface area contributed by atoms with Crippen LogP contribution < -0.4 is 0 Å². The molecule has 0 unspecified atom stereocenters. The largest absolute Gasteiger partial charge is 0.391 e. The fourth-order valence-electron chi connectivity index (χ4n) is 7.75. The van der Waals surface area contributed by atoms with Gasteiger partial charge in [0.05, 0.1) is 11.5 Å². The van der Waals surface area contributed by atoms with Crippen molar-refractivity contribution < 1.29 is 9.90 Å². The van der Waals surface area contributed by atoms with Crippen LogP contribution in [0.5, 0.6) is 0 Å². The number of carbonyl (C=O) groups excluding carboxylic acids is 1. The molecule has 114 valence electrons. The minimum absolute atomic E-state index is 0.0592. The highest BCUT2D eigenvalue weighted by molar-refractivity contribution is 5.97. The summed E-state index contributed by atoms with van der Waals surface area (Å²) in [4.78, 5) is 13.1. The molecule has 0 saturated heterocycles. The lowest BCUT2D eigenvalue weighted by molar-refractivity contribution is -0.178. The van der Waals surface area contributed by atoms with Crippen molar-refractivity contribution in [2.75, 3.05) is 0 Å². The molecule has 0 aliphatic heterocycles. The summed E-state index contributed by atoms with van der Waals surface area (Å²) in [6, 6.07) is 0. The highest BCUT2D eigenvalue weighted by Crippen LogP contribution is 2.83. The molecule has 2 nitrogen and oxygen atoms in total. The second-order valence-electron chi connectivity index (χ2n) is 9.13. The van der Waals surface area contributed by atoms with Crippen molar-refractivity contribution in [3.63, 3.8) is 0 Å². The monoisotopic (exact) mass is 286 g/mol. The van der Waals surface area contributed by atoms with Crippen LogP contribution in [0.4, 0.5) is 0 Å². The molecule has 6 aliphatic carbocycles. The number of fused-ring (bicyclic) bond motifs is 1. The van der Waals surface area contributed by atoms with Crippen LogP contribution in [0.15, 0.2) is 11.6 Å². The van der Waals surface area contributed by atoms with E-state index in [0.29, 0.717) is 23.5 Å². The van der Waals surface area contributed by atoms with E-state index in [4.69, 9.17) is 0 Å². The Hall–Kier alpha value is -0.630. The molecule has 1 spiro atoms. The molecule has 1 N–H and O–H groups in total. The summed E-state index contributed by atoms with van der Waals surface area (Å²) in [6.45, 7) is 6.89. The van der Waals surface area contributed by atoms with Crippen molar-refractivity contribution in [2.24, 2.45) is 39.9 Å².